The monoisotopic (exact) mass is 526 g/mol. The van der Waals surface area contributed by atoms with Gasteiger partial charge in [0.2, 0.25) is 11.9 Å². The minimum absolute atomic E-state index is 0.0479. The van der Waals surface area contributed by atoms with Crippen molar-refractivity contribution in [3.05, 3.63) is 109 Å². The molecule has 0 amide bonds. The fraction of sp³-hybridized carbons (Fsp3) is 0.0625. The number of aromatic hydroxyl groups is 2. The molecule has 0 spiro atoms. The van der Waals surface area contributed by atoms with Crippen LogP contribution in [0.3, 0.4) is 0 Å². The third-order valence-electron chi connectivity index (χ3n) is 7.35. The first-order valence-electron chi connectivity index (χ1n) is 12.9. The zero-order valence-electron chi connectivity index (χ0n) is 22.0. The molecule has 8 heteroatoms. The van der Waals surface area contributed by atoms with Gasteiger partial charge in [0.05, 0.1) is 11.4 Å². The molecule has 0 saturated heterocycles. The van der Waals surface area contributed by atoms with Gasteiger partial charge < -0.3 is 20.0 Å². The quantitative estimate of drug-likeness (QED) is 0.263. The molecule has 3 heterocycles. The first-order valence-corrected chi connectivity index (χ1v) is 12.9. The highest BCUT2D eigenvalue weighted by Gasteiger charge is 2.26. The molecule has 0 saturated carbocycles. The maximum absolute atomic E-state index is 11.5. The van der Waals surface area contributed by atoms with E-state index in [1.807, 2.05) is 130 Å². The summed E-state index contributed by atoms with van der Waals surface area (Å²) in [7, 11) is 3.74. The average Bonchev–Trinajstić information content (AvgIpc) is 3.63. The van der Waals surface area contributed by atoms with E-state index in [1.165, 1.54) is 0 Å². The molecule has 1 aliphatic rings. The Hall–Kier alpha value is -5.50. The highest BCUT2D eigenvalue weighted by Crippen LogP contribution is 2.46. The summed E-state index contributed by atoms with van der Waals surface area (Å²) in [6.45, 7) is 0. The van der Waals surface area contributed by atoms with Crippen molar-refractivity contribution in [2.24, 2.45) is 0 Å². The van der Waals surface area contributed by atoms with Gasteiger partial charge in [-0.3, -0.25) is 9.13 Å². The van der Waals surface area contributed by atoms with Crippen molar-refractivity contribution in [2.45, 2.75) is 0 Å². The number of hydrogen-bond donors (Lipinski definition) is 2. The highest BCUT2D eigenvalue weighted by molar-refractivity contribution is 5.87. The van der Waals surface area contributed by atoms with Gasteiger partial charge in [-0.1, -0.05) is 60.7 Å². The standard InChI is InChI=1S/C32H26N6O2/c1-35-27-17-9-15-23(29(27)39)24-16-10-18-28(30(24)40)36(2)32-34-26(20-38(32)22-13-7-4-8-14-22)25-19-37(31(35)33-25)21-11-5-3-6-12-21/h3-20,39-40H,1-2H3. The van der Waals surface area contributed by atoms with Crippen molar-refractivity contribution < 1.29 is 10.2 Å². The summed E-state index contributed by atoms with van der Waals surface area (Å²) >= 11 is 0. The largest absolute Gasteiger partial charge is 0.505 e. The van der Waals surface area contributed by atoms with E-state index in [2.05, 4.69) is 0 Å². The number of rotatable bonds is 2. The van der Waals surface area contributed by atoms with Crippen molar-refractivity contribution in [2.75, 3.05) is 23.9 Å². The van der Waals surface area contributed by atoms with Crippen LogP contribution in [-0.2, 0) is 0 Å². The van der Waals surface area contributed by atoms with Crippen LogP contribution in [-0.4, -0.2) is 43.4 Å². The minimum Gasteiger partial charge on any atom is -0.505 e. The Kier molecular flexibility index (Phi) is 5.35. The molecular formula is C32H26N6O2. The van der Waals surface area contributed by atoms with Crippen LogP contribution in [0, 0.1) is 0 Å². The molecule has 1 aliphatic heterocycles. The summed E-state index contributed by atoms with van der Waals surface area (Å²) in [5, 5.41) is 23.1. The van der Waals surface area contributed by atoms with Gasteiger partial charge in [0, 0.05) is 49.0 Å². The zero-order chi connectivity index (χ0) is 27.4. The summed E-state index contributed by atoms with van der Waals surface area (Å²) in [5.74, 6) is 1.30. The molecule has 6 aromatic rings. The van der Waals surface area contributed by atoms with E-state index in [1.54, 1.807) is 12.1 Å². The summed E-state index contributed by atoms with van der Waals surface area (Å²) in [5.41, 5.74) is 5.31. The van der Waals surface area contributed by atoms with Gasteiger partial charge in [-0.05, 0) is 36.4 Å². The molecule has 196 valence electrons. The molecule has 0 fully saturated rings. The SMILES string of the molecule is CN1c2cccc(c2O)-c2cccc(c2O)N(C)c2nc(cn2-c2ccccc2)-c2cn(-c3ccccc3)c1n2. The minimum atomic E-state index is 0.0479. The molecule has 40 heavy (non-hydrogen) atoms. The molecule has 2 aromatic heterocycles. The van der Waals surface area contributed by atoms with Gasteiger partial charge in [-0.15, -0.1) is 0 Å². The lowest BCUT2D eigenvalue weighted by Gasteiger charge is -2.24. The van der Waals surface area contributed by atoms with Crippen LogP contribution < -0.4 is 9.80 Å². The molecule has 0 atom stereocenters. The third-order valence-corrected chi connectivity index (χ3v) is 7.35. The summed E-state index contributed by atoms with van der Waals surface area (Å²) in [4.78, 5) is 13.8. The van der Waals surface area contributed by atoms with Gasteiger partial charge >= 0.3 is 0 Å². The fourth-order valence-corrected chi connectivity index (χ4v) is 5.27. The lowest BCUT2D eigenvalue weighted by atomic mass is 10.0. The molecule has 8 nitrogen and oxygen atoms in total. The second-order valence-electron chi connectivity index (χ2n) is 9.73. The molecule has 8 bridgehead atoms. The normalized spacial score (nSPS) is 12.3. The van der Waals surface area contributed by atoms with Crippen molar-refractivity contribution in [1.29, 1.82) is 0 Å². The number of hydrogen-bond acceptors (Lipinski definition) is 6. The van der Waals surface area contributed by atoms with Crippen LogP contribution >= 0.6 is 0 Å². The molecule has 2 N–H and O–H groups in total. The molecular weight excluding hydrogens is 500 g/mol. The molecule has 7 rings (SSSR count). The number of phenolic OH excluding ortho intramolecular Hbond substituents is 2. The third kappa shape index (κ3) is 3.61. The van der Waals surface area contributed by atoms with Crippen LogP contribution in [0.4, 0.5) is 23.3 Å². The number of imidazole rings is 2. The number of nitrogens with zero attached hydrogens (tertiary/aromatic N) is 6. The summed E-state index contributed by atoms with van der Waals surface area (Å²) < 4.78 is 3.98. The first-order chi connectivity index (χ1) is 19.5. The summed E-state index contributed by atoms with van der Waals surface area (Å²) in [6.07, 6.45) is 3.92. The van der Waals surface area contributed by atoms with Gasteiger partial charge in [-0.25, -0.2) is 9.97 Å². The van der Waals surface area contributed by atoms with Gasteiger partial charge in [0.1, 0.15) is 22.9 Å². The van der Waals surface area contributed by atoms with E-state index < -0.39 is 0 Å². The van der Waals surface area contributed by atoms with Crippen LogP contribution in [0.5, 0.6) is 11.5 Å². The smallest absolute Gasteiger partial charge is 0.215 e. The van der Waals surface area contributed by atoms with E-state index in [0.717, 1.165) is 11.4 Å². The van der Waals surface area contributed by atoms with Crippen molar-refractivity contribution in [3.8, 4) is 45.4 Å². The Bertz CT molecular complexity index is 1720. The highest BCUT2D eigenvalue weighted by atomic mass is 16.3. The predicted molar refractivity (Wildman–Crippen MR) is 157 cm³/mol. The van der Waals surface area contributed by atoms with E-state index in [4.69, 9.17) is 9.97 Å². The number of aromatic nitrogens is 4. The van der Waals surface area contributed by atoms with Gasteiger partial charge in [0.15, 0.2) is 0 Å². The predicted octanol–water partition coefficient (Wildman–Crippen LogP) is 6.65. The lowest BCUT2D eigenvalue weighted by molar-refractivity contribution is 0.470. The van der Waals surface area contributed by atoms with E-state index >= 15 is 0 Å². The number of benzene rings is 4. The maximum atomic E-state index is 11.5. The van der Waals surface area contributed by atoms with Crippen molar-refractivity contribution >= 4 is 23.3 Å². The topological polar surface area (TPSA) is 82.6 Å². The maximum Gasteiger partial charge on any atom is 0.215 e. The molecule has 0 unspecified atom stereocenters. The second-order valence-corrected chi connectivity index (χ2v) is 9.73. The van der Waals surface area contributed by atoms with Crippen LogP contribution in [0.1, 0.15) is 0 Å². The first kappa shape index (κ1) is 23.6. The van der Waals surface area contributed by atoms with Crippen LogP contribution in [0.25, 0.3) is 33.9 Å². The second kappa shape index (κ2) is 9.06. The Labute approximate surface area is 231 Å². The van der Waals surface area contributed by atoms with Crippen LogP contribution in [0.2, 0.25) is 0 Å². The summed E-state index contributed by atoms with van der Waals surface area (Å²) in [6, 6.07) is 30.9. The number of para-hydroxylation sites is 4. The fourth-order valence-electron chi connectivity index (χ4n) is 5.27. The number of anilines is 4. The Morgan fingerprint density at radius 3 is 1.30 bits per heavy atom. The van der Waals surface area contributed by atoms with Gasteiger partial charge in [-0.2, -0.15) is 0 Å². The van der Waals surface area contributed by atoms with Crippen molar-refractivity contribution in [1.82, 2.24) is 19.1 Å². The Balaban J connectivity index is 1.56. The Morgan fingerprint density at radius 2 is 0.900 bits per heavy atom. The molecule has 0 aliphatic carbocycles. The van der Waals surface area contributed by atoms with Crippen molar-refractivity contribution in [3.63, 3.8) is 0 Å². The van der Waals surface area contributed by atoms with E-state index in [0.29, 0.717) is 45.8 Å². The molecule has 0 radical (unpaired) electrons. The number of fused-ring (bicyclic) bond motifs is 10. The number of phenols is 2. The molecule has 4 aromatic carbocycles. The van der Waals surface area contributed by atoms with Crippen LogP contribution in [0.15, 0.2) is 109 Å². The van der Waals surface area contributed by atoms with Gasteiger partial charge in [0.25, 0.3) is 0 Å². The average molecular weight is 527 g/mol. The van der Waals surface area contributed by atoms with E-state index in [9.17, 15) is 10.2 Å². The lowest BCUT2D eigenvalue weighted by Crippen LogP contribution is -2.16. The zero-order valence-corrected chi connectivity index (χ0v) is 22.0. The van der Waals surface area contributed by atoms with E-state index in [-0.39, 0.29) is 11.5 Å². The Morgan fingerprint density at radius 1 is 0.500 bits per heavy atom.